The first-order valence-corrected chi connectivity index (χ1v) is 5.89. The molecule has 0 saturated carbocycles. The van der Waals surface area contributed by atoms with E-state index in [1.54, 1.807) is 19.9 Å². The number of carboxylic acids is 1. The van der Waals surface area contributed by atoms with Crippen LogP contribution in [0.3, 0.4) is 0 Å². The van der Waals surface area contributed by atoms with Gasteiger partial charge in [0.1, 0.15) is 0 Å². The number of rotatable bonds is 6. The fraction of sp³-hybridized carbons (Fsp3) is 0.500. The first-order valence-electron chi connectivity index (χ1n) is 5.89. The Balaban J connectivity index is 3.31. The van der Waals surface area contributed by atoms with Gasteiger partial charge >= 0.3 is 5.97 Å². The van der Waals surface area contributed by atoms with Crippen molar-refractivity contribution in [1.29, 1.82) is 0 Å². The Morgan fingerprint density at radius 3 is 2.47 bits per heavy atom. The Hall–Kier alpha value is -1.62. The summed E-state index contributed by atoms with van der Waals surface area (Å²) in [5.41, 5.74) is 0.661. The number of halogens is 1. The average Bonchev–Trinajstić information content (AvgIpc) is 2.29. The van der Waals surface area contributed by atoms with Gasteiger partial charge < -0.3 is 14.6 Å². The molecule has 0 aliphatic rings. The van der Waals surface area contributed by atoms with E-state index in [0.29, 0.717) is 5.56 Å². The molecule has 1 rings (SSSR count). The van der Waals surface area contributed by atoms with Gasteiger partial charge in [0.15, 0.2) is 11.6 Å². The normalized spacial score (nSPS) is 11.4. The van der Waals surface area contributed by atoms with Gasteiger partial charge in [0.2, 0.25) is 0 Å². The molecule has 0 bridgehead atoms. The Labute approximate surface area is 112 Å². The van der Waals surface area contributed by atoms with Gasteiger partial charge in [0, 0.05) is 12.5 Å². The number of carboxylic acid groups (broad SMARTS) is 1. The highest BCUT2D eigenvalue weighted by Gasteiger charge is 2.28. The molecule has 1 aromatic rings. The molecule has 0 heterocycles. The van der Waals surface area contributed by atoms with Gasteiger partial charge in [-0.05, 0) is 23.3 Å². The van der Waals surface area contributed by atoms with E-state index in [0.717, 1.165) is 5.56 Å². The van der Waals surface area contributed by atoms with Crippen LogP contribution >= 0.6 is 0 Å². The van der Waals surface area contributed by atoms with E-state index < -0.39 is 17.2 Å². The van der Waals surface area contributed by atoms with Crippen molar-refractivity contribution >= 4 is 5.97 Å². The third kappa shape index (κ3) is 3.67. The molecule has 5 heteroatoms. The number of methoxy groups -OCH3 is 2. The van der Waals surface area contributed by atoms with Crippen molar-refractivity contribution in [2.45, 2.75) is 32.3 Å². The van der Waals surface area contributed by atoms with Gasteiger partial charge in [0.05, 0.1) is 20.1 Å². The number of benzene rings is 1. The smallest absolute Gasteiger partial charge is 0.304 e. The Morgan fingerprint density at radius 1 is 1.37 bits per heavy atom. The van der Waals surface area contributed by atoms with E-state index >= 15 is 0 Å². The summed E-state index contributed by atoms with van der Waals surface area (Å²) in [6, 6.07) is 2.88. The summed E-state index contributed by atoms with van der Waals surface area (Å²) in [7, 11) is 2.92. The second-order valence-corrected chi connectivity index (χ2v) is 5.03. The second-order valence-electron chi connectivity index (χ2n) is 5.03. The SMILES string of the molecule is COCc1cc(OC)c(F)cc1C(C)(C)CC(=O)O. The first kappa shape index (κ1) is 15.4. The van der Waals surface area contributed by atoms with Crippen LogP contribution in [0.5, 0.6) is 5.75 Å². The zero-order chi connectivity index (χ0) is 14.6. The van der Waals surface area contributed by atoms with Crippen LogP contribution in [0.1, 0.15) is 31.4 Å². The largest absolute Gasteiger partial charge is 0.494 e. The quantitative estimate of drug-likeness (QED) is 0.863. The second kappa shape index (κ2) is 6.02. The number of hydrogen-bond acceptors (Lipinski definition) is 3. The minimum absolute atomic E-state index is 0.0878. The van der Waals surface area contributed by atoms with Crippen LogP contribution in [-0.4, -0.2) is 25.3 Å². The van der Waals surface area contributed by atoms with Crippen molar-refractivity contribution in [3.63, 3.8) is 0 Å². The van der Waals surface area contributed by atoms with Crippen LogP contribution in [0.15, 0.2) is 12.1 Å². The molecule has 0 unspecified atom stereocenters. The number of carbonyl (C=O) groups is 1. The maximum Gasteiger partial charge on any atom is 0.304 e. The van der Waals surface area contributed by atoms with E-state index in [1.165, 1.54) is 20.3 Å². The molecule has 19 heavy (non-hydrogen) atoms. The predicted octanol–water partition coefficient (Wildman–Crippen LogP) is 2.73. The summed E-state index contributed by atoms with van der Waals surface area (Å²) in [6.45, 7) is 3.80. The third-order valence-electron chi connectivity index (χ3n) is 3.00. The fourth-order valence-corrected chi connectivity index (χ4v) is 2.13. The van der Waals surface area contributed by atoms with Crippen LogP contribution in [0.25, 0.3) is 0 Å². The minimum Gasteiger partial charge on any atom is -0.494 e. The highest BCUT2D eigenvalue weighted by Crippen LogP contribution is 2.34. The van der Waals surface area contributed by atoms with Gasteiger partial charge in [-0.3, -0.25) is 4.79 Å². The number of aliphatic carboxylic acids is 1. The van der Waals surface area contributed by atoms with Crippen molar-refractivity contribution < 1.29 is 23.8 Å². The highest BCUT2D eigenvalue weighted by atomic mass is 19.1. The van der Waals surface area contributed by atoms with Crippen LogP contribution < -0.4 is 4.74 Å². The third-order valence-corrected chi connectivity index (χ3v) is 3.00. The van der Waals surface area contributed by atoms with Gasteiger partial charge in [0.25, 0.3) is 0 Å². The van der Waals surface area contributed by atoms with E-state index in [2.05, 4.69) is 0 Å². The molecule has 0 fully saturated rings. The molecular formula is C14H19FO4. The molecule has 0 aliphatic heterocycles. The maximum absolute atomic E-state index is 13.8. The van der Waals surface area contributed by atoms with E-state index in [-0.39, 0.29) is 18.8 Å². The van der Waals surface area contributed by atoms with Crippen LogP contribution in [0.4, 0.5) is 4.39 Å². The Kier molecular flexibility index (Phi) is 4.89. The molecule has 0 amide bonds. The fourth-order valence-electron chi connectivity index (χ4n) is 2.13. The highest BCUT2D eigenvalue weighted by molar-refractivity contribution is 5.69. The molecular weight excluding hydrogens is 251 g/mol. The zero-order valence-corrected chi connectivity index (χ0v) is 11.6. The van der Waals surface area contributed by atoms with Crippen LogP contribution in [0.2, 0.25) is 0 Å². The van der Waals surface area contributed by atoms with Crippen molar-refractivity contribution in [3.8, 4) is 5.75 Å². The monoisotopic (exact) mass is 270 g/mol. The lowest BCUT2D eigenvalue weighted by molar-refractivity contribution is -0.138. The number of hydrogen-bond donors (Lipinski definition) is 1. The summed E-state index contributed by atoms with van der Waals surface area (Å²) < 4.78 is 23.8. The van der Waals surface area contributed by atoms with Crippen molar-refractivity contribution in [2.24, 2.45) is 0 Å². The Morgan fingerprint density at radius 2 is 2.00 bits per heavy atom. The summed E-state index contributed by atoms with van der Waals surface area (Å²) in [5, 5.41) is 8.95. The van der Waals surface area contributed by atoms with Crippen LogP contribution in [-0.2, 0) is 21.6 Å². The molecule has 1 N–H and O–H groups in total. The average molecular weight is 270 g/mol. The van der Waals surface area contributed by atoms with Crippen LogP contribution in [0, 0.1) is 5.82 Å². The molecule has 0 aromatic heterocycles. The molecule has 0 radical (unpaired) electrons. The lowest BCUT2D eigenvalue weighted by Gasteiger charge is -2.26. The zero-order valence-electron chi connectivity index (χ0n) is 11.6. The van der Waals surface area contributed by atoms with E-state index in [9.17, 15) is 9.18 Å². The lowest BCUT2D eigenvalue weighted by atomic mass is 9.79. The summed E-state index contributed by atoms with van der Waals surface area (Å²) in [4.78, 5) is 10.9. The van der Waals surface area contributed by atoms with E-state index in [1.807, 2.05) is 0 Å². The standard InChI is InChI=1S/C14H19FO4/c1-14(2,7-13(16)17)10-6-11(15)12(19-4)5-9(10)8-18-3/h5-6H,7-8H2,1-4H3,(H,16,17). The minimum atomic E-state index is -0.926. The molecule has 0 spiro atoms. The first-order chi connectivity index (χ1) is 8.81. The molecule has 106 valence electrons. The summed E-state index contributed by atoms with van der Waals surface area (Å²) in [5.74, 6) is -1.30. The topological polar surface area (TPSA) is 55.8 Å². The van der Waals surface area contributed by atoms with Crippen molar-refractivity contribution in [2.75, 3.05) is 14.2 Å². The van der Waals surface area contributed by atoms with Gasteiger partial charge in [-0.15, -0.1) is 0 Å². The van der Waals surface area contributed by atoms with Gasteiger partial charge in [-0.25, -0.2) is 4.39 Å². The van der Waals surface area contributed by atoms with Gasteiger partial charge in [-0.1, -0.05) is 13.8 Å². The summed E-state index contributed by atoms with van der Waals surface area (Å²) in [6.07, 6.45) is -0.0878. The molecule has 0 aliphatic carbocycles. The predicted molar refractivity (Wildman–Crippen MR) is 68.9 cm³/mol. The van der Waals surface area contributed by atoms with E-state index in [4.69, 9.17) is 14.6 Å². The molecule has 0 atom stereocenters. The summed E-state index contributed by atoms with van der Waals surface area (Å²) >= 11 is 0. The molecule has 0 saturated heterocycles. The molecule has 1 aromatic carbocycles. The Bertz CT molecular complexity index is 469. The number of ether oxygens (including phenoxy) is 2. The lowest BCUT2D eigenvalue weighted by Crippen LogP contribution is -2.24. The van der Waals surface area contributed by atoms with Gasteiger partial charge in [-0.2, -0.15) is 0 Å². The van der Waals surface area contributed by atoms with Crippen molar-refractivity contribution in [3.05, 3.63) is 29.1 Å². The maximum atomic E-state index is 13.8. The molecule has 4 nitrogen and oxygen atoms in total. The van der Waals surface area contributed by atoms with Crippen molar-refractivity contribution in [1.82, 2.24) is 0 Å².